The molecular formula is C22H21ClN4O6S. The van der Waals surface area contributed by atoms with Crippen LogP contribution in [0.2, 0.25) is 5.02 Å². The Hall–Kier alpha value is -3.57. The molecule has 34 heavy (non-hydrogen) atoms. The van der Waals surface area contributed by atoms with Crippen molar-refractivity contribution in [1.82, 2.24) is 9.80 Å². The molecule has 10 nitrogen and oxygen atoms in total. The van der Waals surface area contributed by atoms with Crippen LogP contribution in [0.4, 0.5) is 16.2 Å². The van der Waals surface area contributed by atoms with Gasteiger partial charge < -0.3 is 24.6 Å². The lowest BCUT2D eigenvalue weighted by Crippen LogP contribution is -2.51. The van der Waals surface area contributed by atoms with Crippen LogP contribution in [0.1, 0.15) is 9.67 Å². The molecule has 2 aromatic carbocycles. The number of nitro benzene ring substituents is 1. The summed E-state index contributed by atoms with van der Waals surface area (Å²) in [5.74, 6) is 0.803. The molecule has 0 radical (unpaired) electrons. The van der Waals surface area contributed by atoms with Gasteiger partial charge in [-0.15, -0.1) is 11.3 Å². The molecule has 178 valence electrons. The van der Waals surface area contributed by atoms with Gasteiger partial charge >= 0.3 is 6.03 Å². The van der Waals surface area contributed by atoms with Gasteiger partial charge in [0, 0.05) is 60.2 Å². The van der Waals surface area contributed by atoms with E-state index < -0.39 is 4.92 Å². The Balaban J connectivity index is 1.40. The highest BCUT2D eigenvalue weighted by molar-refractivity contribution is 7.21. The van der Waals surface area contributed by atoms with Crippen molar-refractivity contribution in [2.45, 2.75) is 0 Å². The molecule has 2 heterocycles. The lowest BCUT2D eigenvalue weighted by atomic mass is 10.2. The molecule has 0 saturated carbocycles. The monoisotopic (exact) mass is 504 g/mol. The standard InChI is InChI=1S/C22H21ClN4O6S/c1-32-16-6-3-13(11-17(16)33-2)24-22(29)26-9-7-25(8-10-26)21(28)20-19(23)15-5-4-14(27(30)31)12-18(15)34-20/h3-6,11-12H,7-10H2,1-2H3,(H,24,29). The number of urea groups is 1. The summed E-state index contributed by atoms with van der Waals surface area (Å²) in [5.41, 5.74) is 0.505. The maximum absolute atomic E-state index is 13.1. The minimum Gasteiger partial charge on any atom is -0.493 e. The Morgan fingerprint density at radius 3 is 2.35 bits per heavy atom. The molecule has 1 saturated heterocycles. The number of amides is 3. The summed E-state index contributed by atoms with van der Waals surface area (Å²) in [6.07, 6.45) is 0. The minimum absolute atomic E-state index is 0.0569. The zero-order chi connectivity index (χ0) is 24.4. The smallest absolute Gasteiger partial charge is 0.321 e. The van der Waals surface area contributed by atoms with E-state index in [2.05, 4.69) is 5.32 Å². The van der Waals surface area contributed by atoms with Gasteiger partial charge in [-0.2, -0.15) is 0 Å². The third kappa shape index (κ3) is 4.57. The summed E-state index contributed by atoms with van der Waals surface area (Å²) in [6, 6.07) is 9.14. The van der Waals surface area contributed by atoms with Gasteiger partial charge in [-0.3, -0.25) is 14.9 Å². The summed E-state index contributed by atoms with van der Waals surface area (Å²) < 4.78 is 11.0. The SMILES string of the molecule is COc1ccc(NC(=O)N2CCN(C(=O)c3sc4cc([N+](=O)[O-])ccc4c3Cl)CC2)cc1OC. The number of ether oxygens (including phenoxy) is 2. The quantitative estimate of drug-likeness (QED) is 0.405. The van der Waals surface area contributed by atoms with Crippen molar-refractivity contribution in [3.05, 3.63) is 56.4 Å². The number of carbonyl (C=O) groups is 2. The fraction of sp³-hybridized carbons (Fsp3) is 0.273. The molecule has 1 aliphatic heterocycles. The van der Waals surface area contributed by atoms with Crippen molar-refractivity contribution < 1.29 is 24.0 Å². The van der Waals surface area contributed by atoms with E-state index in [4.69, 9.17) is 21.1 Å². The molecule has 0 atom stereocenters. The molecule has 1 aromatic heterocycles. The Labute approximate surface area is 203 Å². The van der Waals surface area contributed by atoms with Crippen LogP contribution >= 0.6 is 22.9 Å². The number of piperazine rings is 1. The molecule has 1 aliphatic rings. The zero-order valence-electron chi connectivity index (χ0n) is 18.4. The van der Waals surface area contributed by atoms with Crippen molar-refractivity contribution in [2.24, 2.45) is 0 Å². The maximum Gasteiger partial charge on any atom is 0.321 e. The first kappa shape index (κ1) is 23.6. The van der Waals surface area contributed by atoms with Gasteiger partial charge in [-0.25, -0.2) is 4.79 Å². The first-order chi connectivity index (χ1) is 16.3. The molecule has 0 unspecified atom stereocenters. The number of non-ortho nitro benzene ring substituents is 1. The molecule has 12 heteroatoms. The zero-order valence-corrected chi connectivity index (χ0v) is 19.9. The highest BCUT2D eigenvalue weighted by atomic mass is 35.5. The summed E-state index contributed by atoms with van der Waals surface area (Å²) in [6.45, 7) is 1.36. The second kappa shape index (κ2) is 9.74. The van der Waals surface area contributed by atoms with E-state index in [-0.39, 0.29) is 22.6 Å². The molecule has 4 rings (SSSR count). The fourth-order valence-electron chi connectivity index (χ4n) is 3.68. The first-order valence-electron chi connectivity index (χ1n) is 10.3. The van der Waals surface area contributed by atoms with Gasteiger partial charge in [-0.1, -0.05) is 11.6 Å². The highest BCUT2D eigenvalue weighted by Gasteiger charge is 2.28. The minimum atomic E-state index is -0.485. The molecule has 0 aliphatic carbocycles. The van der Waals surface area contributed by atoms with E-state index in [0.29, 0.717) is 58.3 Å². The van der Waals surface area contributed by atoms with Crippen LogP contribution < -0.4 is 14.8 Å². The van der Waals surface area contributed by atoms with Gasteiger partial charge in [0.25, 0.3) is 11.6 Å². The van der Waals surface area contributed by atoms with Gasteiger partial charge in [-0.05, 0) is 18.2 Å². The Morgan fingerprint density at radius 2 is 1.71 bits per heavy atom. The Morgan fingerprint density at radius 1 is 1.03 bits per heavy atom. The average molecular weight is 505 g/mol. The normalized spacial score (nSPS) is 13.6. The second-order valence-electron chi connectivity index (χ2n) is 7.46. The van der Waals surface area contributed by atoms with Crippen molar-refractivity contribution in [3.8, 4) is 11.5 Å². The summed E-state index contributed by atoms with van der Waals surface area (Å²) in [7, 11) is 3.05. The number of carbonyl (C=O) groups excluding carboxylic acids is 2. The molecule has 1 N–H and O–H groups in total. The first-order valence-corrected chi connectivity index (χ1v) is 11.5. The van der Waals surface area contributed by atoms with Crippen molar-refractivity contribution >= 4 is 56.3 Å². The van der Waals surface area contributed by atoms with Gasteiger partial charge in [0.2, 0.25) is 0 Å². The van der Waals surface area contributed by atoms with Crippen LogP contribution in [0.15, 0.2) is 36.4 Å². The number of nitro groups is 1. The lowest BCUT2D eigenvalue weighted by Gasteiger charge is -2.34. The predicted octanol–water partition coefficient (Wildman–Crippen LogP) is 4.47. The predicted molar refractivity (Wildman–Crippen MR) is 130 cm³/mol. The summed E-state index contributed by atoms with van der Waals surface area (Å²) in [5, 5.41) is 14.8. The van der Waals surface area contributed by atoms with Crippen LogP contribution in [0.3, 0.4) is 0 Å². The number of thiophene rings is 1. The summed E-state index contributed by atoms with van der Waals surface area (Å²) in [4.78, 5) is 39.9. The second-order valence-corrected chi connectivity index (χ2v) is 8.89. The number of rotatable bonds is 5. The summed E-state index contributed by atoms with van der Waals surface area (Å²) >= 11 is 7.55. The number of hydrogen-bond acceptors (Lipinski definition) is 7. The maximum atomic E-state index is 13.1. The molecule has 1 fully saturated rings. The van der Waals surface area contributed by atoms with E-state index in [1.54, 1.807) is 34.1 Å². The molecule has 0 spiro atoms. The lowest BCUT2D eigenvalue weighted by molar-refractivity contribution is -0.384. The van der Waals surface area contributed by atoms with Crippen LogP contribution in [0.5, 0.6) is 11.5 Å². The molecule has 3 amide bonds. The third-order valence-electron chi connectivity index (χ3n) is 5.51. The van der Waals surface area contributed by atoms with E-state index in [9.17, 15) is 19.7 Å². The van der Waals surface area contributed by atoms with E-state index in [1.807, 2.05) is 0 Å². The van der Waals surface area contributed by atoms with E-state index in [1.165, 1.54) is 26.4 Å². The van der Waals surface area contributed by atoms with E-state index in [0.717, 1.165) is 11.3 Å². The topological polar surface area (TPSA) is 114 Å². The largest absolute Gasteiger partial charge is 0.493 e. The van der Waals surface area contributed by atoms with Gasteiger partial charge in [0.15, 0.2) is 11.5 Å². The van der Waals surface area contributed by atoms with Crippen LogP contribution in [0.25, 0.3) is 10.1 Å². The van der Waals surface area contributed by atoms with Crippen LogP contribution in [-0.2, 0) is 0 Å². The number of fused-ring (bicyclic) bond motifs is 1. The molecule has 3 aromatic rings. The van der Waals surface area contributed by atoms with Crippen LogP contribution in [0, 0.1) is 10.1 Å². The van der Waals surface area contributed by atoms with Crippen molar-refractivity contribution in [2.75, 3.05) is 45.7 Å². The average Bonchev–Trinajstić information content (AvgIpc) is 3.19. The van der Waals surface area contributed by atoms with Crippen molar-refractivity contribution in [3.63, 3.8) is 0 Å². The third-order valence-corrected chi connectivity index (χ3v) is 7.15. The number of benzene rings is 2. The van der Waals surface area contributed by atoms with Gasteiger partial charge in [0.1, 0.15) is 4.88 Å². The number of methoxy groups -OCH3 is 2. The van der Waals surface area contributed by atoms with Gasteiger partial charge in [0.05, 0.1) is 24.2 Å². The number of anilines is 1. The Kier molecular flexibility index (Phi) is 6.75. The Bertz CT molecular complexity index is 1270. The number of halogens is 1. The fourth-order valence-corrected chi connectivity index (χ4v) is 5.19. The number of nitrogens with zero attached hydrogens (tertiary/aromatic N) is 3. The van der Waals surface area contributed by atoms with Crippen molar-refractivity contribution in [1.29, 1.82) is 0 Å². The molecular weight excluding hydrogens is 484 g/mol. The van der Waals surface area contributed by atoms with Crippen LogP contribution in [-0.4, -0.2) is 67.1 Å². The number of hydrogen-bond donors (Lipinski definition) is 1. The number of nitrogens with one attached hydrogen (secondary N) is 1. The molecule has 0 bridgehead atoms. The highest BCUT2D eigenvalue weighted by Crippen LogP contribution is 2.38. The van der Waals surface area contributed by atoms with E-state index >= 15 is 0 Å².